The molecule has 0 saturated heterocycles. The van der Waals surface area contributed by atoms with Gasteiger partial charge in [0.2, 0.25) is 0 Å². The van der Waals surface area contributed by atoms with Crippen molar-refractivity contribution in [3.63, 3.8) is 0 Å². The number of H-pyrrole nitrogens is 1. The number of methoxy groups -OCH3 is 1. The summed E-state index contributed by atoms with van der Waals surface area (Å²) in [6.07, 6.45) is 1.42. The van der Waals surface area contributed by atoms with Gasteiger partial charge in [0.05, 0.1) is 6.61 Å². The number of anilines is 2. The number of hydrogen-bond donors (Lipinski definition) is 2. The number of hydrogen-bond acceptors (Lipinski definition) is 6. The molecule has 0 bridgehead atoms. The molecule has 0 aliphatic rings. The number of ether oxygens (including phenoxy) is 2. The summed E-state index contributed by atoms with van der Waals surface area (Å²) >= 11 is 0. The van der Waals surface area contributed by atoms with Crippen LogP contribution in [0.2, 0.25) is 0 Å². The van der Waals surface area contributed by atoms with E-state index in [1.807, 2.05) is 30.9 Å². The highest BCUT2D eigenvalue weighted by molar-refractivity contribution is 5.62. The van der Waals surface area contributed by atoms with Gasteiger partial charge in [-0.15, -0.1) is 0 Å². The summed E-state index contributed by atoms with van der Waals surface area (Å²) in [4.78, 5) is 29.3. The normalized spacial score (nSPS) is 11.7. The Balaban J connectivity index is 2.12. The number of aromatic nitrogens is 2. The van der Waals surface area contributed by atoms with E-state index in [0.717, 1.165) is 12.2 Å². The molecule has 0 spiro atoms. The second-order valence-electron chi connectivity index (χ2n) is 9.81. The van der Waals surface area contributed by atoms with E-state index in [1.54, 1.807) is 7.11 Å². The van der Waals surface area contributed by atoms with Crippen molar-refractivity contribution in [3.05, 3.63) is 50.7 Å². The van der Waals surface area contributed by atoms with Crippen LogP contribution in [0.25, 0.3) is 0 Å². The highest BCUT2D eigenvalue weighted by Gasteiger charge is 2.19. The van der Waals surface area contributed by atoms with Gasteiger partial charge < -0.3 is 20.1 Å². The lowest BCUT2D eigenvalue weighted by Crippen LogP contribution is -2.40. The van der Waals surface area contributed by atoms with E-state index in [1.165, 1.54) is 10.1 Å². The Bertz CT molecular complexity index is 987. The lowest BCUT2D eigenvalue weighted by molar-refractivity contribution is 0.196. The first-order valence-corrected chi connectivity index (χ1v) is 11.6. The Hall–Kier alpha value is -2.74. The maximum Gasteiger partial charge on any atom is 0.330 e. The van der Waals surface area contributed by atoms with Gasteiger partial charge in [0, 0.05) is 33.4 Å². The highest BCUT2D eigenvalue weighted by atomic mass is 16.5. The molecule has 0 fully saturated rings. The van der Waals surface area contributed by atoms with Gasteiger partial charge in [0.25, 0.3) is 5.56 Å². The van der Waals surface area contributed by atoms with Crippen molar-refractivity contribution in [2.24, 2.45) is 5.92 Å². The van der Waals surface area contributed by atoms with Crippen LogP contribution < -0.4 is 26.6 Å². The van der Waals surface area contributed by atoms with Gasteiger partial charge in [-0.3, -0.25) is 14.3 Å². The molecule has 0 aliphatic carbocycles. The lowest BCUT2D eigenvalue weighted by atomic mass is 9.87. The first-order chi connectivity index (χ1) is 15.5. The predicted octanol–water partition coefficient (Wildman–Crippen LogP) is 3.38. The molecule has 1 aromatic carbocycles. The fraction of sp³-hybridized carbons (Fsp3) is 0.600. The van der Waals surface area contributed by atoms with Crippen LogP contribution in [-0.2, 0) is 16.7 Å². The van der Waals surface area contributed by atoms with Gasteiger partial charge >= 0.3 is 5.69 Å². The van der Waals surface area contributed by atoms with Crippen LogP contribution in [0.15, 0.2) is 33.9 Å². The quantitative estimate of drug-likeness (QED) is 0.471. The van der Waals surface area contributed by atoms with Crippen LogP contribution in [0.5, 0.6) is 5.75 Å². The zero-order valence-electron chi connectivity index (χ0n) is 20.9. The van der Waals surface area contributed by atoms with Crippen molar-refractivity contribution in [1.29, 1.82) is 0 Å². The molecule has 0 radical (unpaired) electrons. The fourth-order valence-electron chi connectivity index (χ4n) is 3.66. The van der Waals surface area contributed by atoms with Crippen molar-refractivity contribution in [3.8, 4) is 5.75 Å². The third-order valence-corrected chi connectivity index (χ3v) is 5.42. The van der Waals surface area contributed by atoms with Crippen molar-refractivity contribution >= 4 is 11.5 Å². The van der Waals surface area contributed by atoms with Crippen molar-refractivity contribution < 1.29 is 9.47 Å². The molecule has 0 aliphatic heterocycles. The number of benzene rings is 1. The monoisotopic (exact) mass is 460 g/mol. The van der Waals surface area contributed by atoms with Gasteiger partial charge in [-0.25, -0.2) is 4.79 Å². The Morgan fingerprint density at radius 2 is 1.67 bits per heavy atom. The molecular formula is C25H40N4O4. The van der Waals surface area contributed by atoms with E-state index in [-0.39, 0.29) is 17.2 Å². The summed E-state index contributed by atoms with van der Waals surface area (Å²) in [5, 5.41) is 0. The molecule has 8 heteroatoms. The molecule has 8 nitrogen and oxygen atoms in total. The summed E-state index contributed by atoms with van der Waals surface area (Å²) < 4.78 is 12.5. The molecule has 0 saturated carbocycles. The smallest absolute Gasteiger partial charge is 0.330 e. The first kappa shape index (κ1) is 26.5. The van der Waals surface area contributed by atoms with Gasteiger partial charge in [-0.05, 0) is 41.9 Å². The summed E-state index contributed by atoms with van der Waals surface area (Å²) in [5.41, 5.74) is 7.07. The van der Waals surface area contributed by atoms with Crippen LogP contribution in [0.4, 0.5) is 11.5 Å². The molecule has 1 heterocycles. The van der Waals surface area contributed by atoms with Gasteiger partial charge in [0.15, 0.2) is 0 Å². The number of nitrogens with zero attached hydrogens (tertiary/aromatic N) is 2. The molecule has 33 heavy (non-hydrogen) atoms. The maximum absolute atomic E-state index is 12.7. The standard InChI is InChI=1S/C25H40N4O4/c1-18(2)17-29-22(26)21(23(30)27-24(29)31)28(13-7-15-32-6)14-8-16-33-20-11-9-19(10-12-20)25(3,4)5/h9-12,18H,7-8,13-17,26H2,1-6H3,(H,27,30,31). The van der Waals surface area contributed by atoms with Gasteiger partial charge in [0.1, 0.15) is 17.3 Å². The molecule has 0 amide bonds. The van der Waals surface area contributed by atoms with Crippen LogP contribution in [0.1, 0.15) is 53.0 Å². The molecule has 184 valence electrons. The minimum absolute atomic E-state index is 0.0975. The van der Waals surface area contributed by atoms with E-state index < -0.39 is 11.2 Å². The van der Waals surface area contributed by atoms with Crippen molar-refractivity contribution in [2.45, 2.75) is 59.4 Å². The average Bonchev–Trinajstić information content (AvgIpc) is 2.73. The molecule has 1 aromatic heterocycles. The van der Waals surface area contributed by atoms with Crippen molar-refractivity contribution in [1.82, 2.24) is 9.55 Å². The maximum atomic E-state index is 12.7. The van der Waals surface area contributed by atoms with Crippen LogP contribution in [0.3, 0.4) is 0 Å². The molecule has 0 atom stereocenters. The minimum atomic E-state index is -0.478. The number of nitrogens with two attached hydrogens (primary N) is 1. The third kappa shape index (κ3) is 7.67. The third-order valence-electron chi connectivity index (χ3n) is 5.42. The summed E-state index contributed by atoms with van der Waals surface area (Å²) in [6.45, 7) is 13.2. The number of nitrogens with one attached hydrogen (secondary N) is 1. The topological polar surface area (TPSA) is 103 Å². The minimum Gasteiger partial charge on any atom is -0.494 e. The van der Waals surface area contributed by atoms with Crippen LogP contribution in [0, 0.1) is 5.92 Å². The predicted molar refractivity (Wildman–Crippen MR) is 135 cm³/mol. The Labute approximate surface area is 196 Å². The molecule has 3 N–H and O–H groups in total. The Morgan fingerprint density at radius 1 is 1.06 bits per heavy atom. The van der Waals surface area contributed by atoms with E-state index in [9.17, 15) is 9.59 Å². The Morgan fingerprint density at radius 3 is 2.21 bits per heavy atom. The number of aromatic amines is 1. The van der Waals surface area contributed by atoms with Gasteiger partial charge in [-0.2, -0.15) is 0 Å². The summed E-state index contributed by atoms with van der Waals surface area (Å²) in [7, 11) is 1.65. The molecule has 0 unspecified atom stereocenters. The molecular weight excluding hydrogens is 420 g/mol. The van der Waals surface area contributed by atoms with Crippen LogP contribution >= 0.6 is 0 Å². The highest BCUT2D eigenvalue weighted by Crippen LogP contribution is 2.24. The van der Waals surface area contributed by atoms with Crippen molar-refractivity contribution in [2.75, 3.05) is 44.0 Å². The second kappa shape index (κ2) is 11.9. The largest absolute Gasteiger partial charge is 0.494 e. The zero-order chi connectivity index (χ0) is 24.6. The number of nitrogen functional groups attached to an aromatic ring is 1. The molecule has 2 rings (SSSR count). The second-order valence-corrected chi connectivity index (χ2v) is 9.81. The lowest BCUT2D eigenvalue weighted by Gasteiger charge is -2.26. The van der Waals surface area contributed by atoms with E-state index >= 15 is 0 Å². The first-order valence-electron chi connectivity index (χ1n) is 11.6. The SMILES string of the molecule is COCCCN(CCCOc1ccc(C(C)(C)C)cc1)c1c(N)n(CC(C)C)c(=O)[nH]c1=O. The molecule has 2 aromatic rings. The van der Waals surface area contributed by atoms with Crippen LogP contribution in [-0.4, -0.2) is 43.0 Å². The van der Waals surface area contributed by atoms with E-state index in [2.05, 4.69) is 37.9 Å². The number of rotatable bonds is 12. The summed E-state index contributed by atoms with van der Waals surface area (Å²) in [5.74, 6) is 1.23. The zero-order valence-corrected chi connectivity index (χ0v) is 20.9. The average molecular weight is 461 g/mol. The summed E-state index contributed by atoms with van der Waals surface area (Å²) in [6, 6.07) is 8.15. The van der Waals surface area contributed by atoms with Gasteiger partial charge in [-0.1, -0.05) is 46.8 Å². The Kier molecular flexibility index (Phi) is 9.58. The fourth-order valence-corrected chi connectivity index (χ4v) is 3.66. The van der Waals surface area contributed by atoms with E-state index in [4.69, 9.17) is 15.2 Å². The van der Waals surface area contributed by atoms with E-state index in [0.29, 0.717) is 45.0 Å².